The maximum atomic E-state index is 11.8. The summed E-state index contributed by atoms with van der Waals surface area (Å²) in [5.74, 6) is -0.153. The summed E-state index contributed by atoms with van der Waals surface area (Å²) in [5.41, 5.74) is -0.789. The highest BCUT2D eigenvalue weighted by molar-refractivity contribution is 6.03. The lowest BCUT2D eigenvalue weighted by Crippen LogP contribution is -2.55. The van der Waals surface area contributed by atoms with Crippen LogP contribution in [0.15, 0.2) is 0 Å². The normalized spacial score (nSPS) is 41.8. The van der Waals surface area contributed by atoms with Crippen LogP contribution in [0, 0.1) is 5.41 Å². The van der Waals surface area contributed by atoms with Gasteiger partial charge in [-0.15, -0.1) is 0 Å². The molecule has 1 amide bonds. The van der Waals surface area contributed by atoms with Crippen molar-refractivity contribution in [3.05, 3.63) is 0 Å². The van der Waals surface area contributed by atoms with Crippen LogP contribution in [-0.4, -0.2) is 41.6 Å². The van der Waals surface area contributed by atoms with Gasteiger partial charge in [-0.1, -0.05) is 0 Å². The second kappa shape index (κ2) is 3.20. The van der Waals surface area contributed by atoms with Crippen LogP contribution in [0.3, 0.4) is 0 Å². The Morgan fingerprint density at radius 1 is 1.47 bits per heavy atom. The molecule has 2 aliphatic heterocycles. The van der Waals surface area contributed by atoms with E-state index in [-0.39, 0.29) is 11.9 Å². The first-order chi connectivity index (χ1) is 6.94. The summed E-state index contributed by atoms with van der Waals surface area (Å²) >= 11 is 0. The number of amides is 1. The van der Waals surface area contributed by atoms with Crippen LogP contribution in [-0.2, 0) is 9.53 Å². The van der Waals surface area contributed by atoms with Gasteiger partial charge in [0, 0.05) is 24.9 Å². The fourth-order valence-electron chi connectivity index (χ4n) is 2.51. The number of ether oxygens (including phenoxy) is 1. The van der Waals surface area contributed by atoms with Crippen molar-refractivity contribution in [2.45, 2.75) is 44.4 Å². The molecule has 0 bridgehead atoms. The van der Waals surface area contributed by atoms with E-state index in [9.17, 15) is 4.79 Å². The van der Waals surface area contributed by atoms with E-state index in [1.54, 1.807) is 0 Å². The highest BCUT2D eigenvalue weighted by Gasteiger charge is 2.52. The van der Waals surface area contributed by atoms with Crippen LogP contribution in [0.25, 0.3) is 0 Å². The maximum absolute atomic E-state index is 11.8. The molecule has 2 heterocycles. The van der Waals surface area contributed by atoms with E-state index in [2.05, 4.69) is 31.1 Å². The Morgan fingerprint density at radius 2 is 2.00 bits per heavy atom. The zero-order valence-corrected chi connectivity index (χ0v) is 9.33. The predicted molar refractivity (Wildman–Crippen MR) is 55.6 cm³/mol. The van der Waals surface area contributed by atoms with Crippen LogP contribution in [0.5, 0.6) is 0 Å². The Hall–Kier alpha value is -1.10. The van der Waals surface area contributed by atoms with E-state index in [0.717, 1.165) is 0 Å². The van der Waals surface area contributed by atoms with Gasteiger partial charge in [0.15, 0.2) is 5.60 Å². The number of nitrogens with zero attached hydrogens (tertiary/aromatic N) is 1. The number of carbonyl (C=O) groups excluding carboxylic acids is 1. The number of carbonyl (C=O) groups is 1. The summed E-state index contributed by atoms with van der Waals surface area (Å²) in [6.45, 7) is 4.16. The lowest BCUT2D eigenvalue weighted by molar-refractivity contribution is -0.138. The van der Waals surface area contributed by atoms with Crippen LogP contribution >= 0.6 is 0 Å². The average Bonchev–Trinajstić information content (AvgIpc) is 2.38. The van der Waals surface area contributed by atoms with Crippen molar-refractivity contribution in [3.63, 3.8) is 0 Å². The molecule has 0 aliphatic carbocycles. The van der Waals surface area contributed by atoms with Crippen molar-refractivity contribution in [3.8, 4) is 0 Å². The number of piperidine rings is 1. The zero-order valence-electron chi connectivity index (χ0n) is 9.33. The van der Waals surface area contributed by atoms with E-state index in [1.165, 1.54) is 0 Å². The summed E-state index contributed by atoms with van der Waals surface area (Å²) in [7, 11) is 2.06. The standard InChI is InChI=1S/C10H17N3O2/c1-6-4-10(5-7(2)13(6)3)8(14)12-9(11)15-10/h6-7H,4-5H2,1-3H3,(H2,11,12,14). The van der Waals surface area contributed by atoms with Gasteiger partial charge in [-0.05, 0) is 20.9 Å². The van der Waals surface area contributed by atoms with Gasteiger partial charge in [0.05, 0.1) is 0 Å². The summed E-state index contributed by atoms with van der Waals surface area (Å²) in [5, 5.41) is 9.79. The Labute approximate surface area is 89.3 Å². The van der Waals surface area contributed by atoms with Crippen LogP contribution < -0.4 is 5.32 Å². The summed E-state index contributed by atoms with van der Waals surface area (Å²) in [4.78, 5) is 14.0. The molecule has 2 N–H and O–H groups in total. The number of hydrogen-bond donors (Lipinski definition) is 2. The fraction of sp³-hybridized carbons (Fsp3) is 0.800. The second-order valence-electron chi connectivity index (χ2n) is 4.65. The minimum absolute atomic E-state index is 0.107. The molecule has 1 spiro atoms. The topological polar surface area (TPSA) is 65.4 Å². The molecule has 0 aromatic rings. The van der Waals surface area contributed by atoms with E-state index >= 15 is 0 Å². The third kappa shape index (κ3) is 1.51. The Kier molecular flexibility index (Phi) is 2.22. The highest BCUT2D eigenvalue weighted by atomic mass is 16.5. The fourth-order valence-corrected chi connectivity index (χ4v) is 2.51. The lowest BCUT2D eigenvalue weighted by Gasteiger charge is -2.43. The van der Waals surface area contributed by atoms with Gasteiger partial charge in [-0.3, -0.25) is 15.5 Å². The van der Waals surface area contributed by atoms with Gasteiger partial charge in [0.1, 0.15) is 0 Å². The number of amidine groups is 1. The number of hydrogen-bond acceptors (Lipinski definition) is 4. The van der Waals surface area contributed by atoms with Gasteiger partial charge < -0.3 is 9.64 Å². The van der Waals surface area contributed by atoms with Crippen LogP contribution in [0.2, 0.25) is 0 Å². The molecule has 0 aromatic heterocycles. The highest BCUT2D eigenvalue weighted by Crippen LogP contribution is 2.35. The van der Waals surface area contributed by atoms with Crippen molar-refractivity contribution >= 4 is 11.9 Å². The number of likely N-dealkylation sites (tertiary alicyclic amines) is 1. The van der Waals surface area contributed by atoms with Crippen molar-refractivity contribution in [2.24, 2.45) is 0 Å². The Bertz CT molecular complexity index is 304. The quantitative estimate of drug-likeness (QED) is 0.606. The Balaban J connectivity index is 2.23. The molecule has 2 unspecified atom stereocenters. The first-order valence-corrected chi connectivity index (χ1v) is 5.25. The molecule has 2 atom stereocenters. The van der Waals surface area contributed by atoms with Crippen molar-refractivity contribution < 1.29 is 9.53 Å². The smallest absolute Gasteiger partial charge is 0.289 e. The first-order valence-electron chi connectivity index (χ1n) is 5.25. The van der Waals surface area contributed by atoms with Crippen molar-refractivity contribution in [1.82, 2.24) is 10.2 Å². The lowest BCUT2D eigenvalue weighted by atomic mass is 9.83. The monoisotopic (exact) mass is 211 g/mol. The third-order valence-electron chi connectivity index (χ3n) is 3.58. The van der Waals surface area contributed by atoms with Gasteiger partial charge in [0.25, 0.3) is 11.9 Å². The molecule has 2 aliphatic rings. The molecule has 2 saturated heterocycles. The van der Waals surface area contributed by atoms with Crippen molar-refractivity contribution in [2.75, 3.05) is 7.05 Å². The number of nitrogens with one attached hydrogen (secondary N) is 2. The molecular formula is C10H17N3O2. The van der Waals surface area contributed by atoms with Gasteiger partial charge in [-0.2, -0.15) is 0 Å². The SMILES string of the molecule is CC1CC2(CC(C)N1C)OC(=N)NC2=O. The van der Waals surface area contributed by atoms with E-state index in [1.807, 2.05) is 0 Å². The van der Waals surface area contributed by atoms with Gasteiger partial charge in [0.2, 0.25) is 0 Å². The third-order valence-corrected chi connectivity index (χ3v) is 3.58. The molecule has 0 saturated carbocycles. The van der Waals surface area contributed by atoms with Crippen LogP contribution in [0.4, 0.5) is 0 Å². The molecule has 84 valence electrons. The summed E-state index contributed by atoms with van der Waals surface area (Å²) < 4.78 is 5.39. The second-order valence-corrected chi connectivity index (χ2v) is 4.65. The molecule has 15 heavy (non-hydrogen) atoms. The van der Waals surface area contributed by atoms with Gasteiger partial charge >= 0.3 is 0 Å². The molecule has 5 nitrogen and oxygen atoms in total. The largest absolute Gasteiger partial charge is 0.448 e. The first kappa shape index (κ1) is 10.4. The van der Waals surface area contributed by atoms with E-state index < -0.39 is 5.60 Å². The molecule has 2 fully saturated rings. The predicted octanol–water partition coefficient (Wildman–Crippen LogP) is 0.309. The van der Waals surface area contributed by atoms with Gasteiger partial charge in [-0.25, -0.2) is 0 Å². The van der Waals surface area contributed by atoms with E-state index in [0.29, 0.717) is 24.9 Å². The van der Waals surface area contributed by atoms with Crippen molar-refractivity contribution in [1.29, 1.82) is 5.41 Å². The molecule has 0 radical (unpaired) electrons. The molecule has 5 heteroatoms. The summed E-state index contributed by atoms with van der Waals surface area (Å²) in [6, 6.07) is 0.486. The molecular weight excluding hydrogens is 194 g/mol. The summed E-state index contributed by atoms with van der Waals surface area (Å²) in [6.07, 6.45) is 1.31. The minimum atomic E-state index is -0.789. The molecule has 0 aromatic carbocycles. The number of rotatable bonds is 0. The van der Waals surface area contributed by atoms with E-state index in [4.69, 9.17) is 10.1 Å². The zero-order chi connectivity index (χ0) is 11.2. The van der Waals surface area contributed by atoms with Crippen LogP contribution in [0.1, 0.15) is 26.7 Å². The molecule has 2 rings (SSSR count). The Morgan fingerprint density at radius 3 is 2.40 bits per heavy atom. The average molecular weight is 211 g/mol. The minimum Gasteiger partial charge on any atom is -0.448 e. The maximum Gasteiger partial charge on any atom is 0.289 e.